The second kappa shape index (κ2) is 5.34. The number of methoxy groups -OCH3 is 1. The van der Waals surface area contributed by atoms with Gasteiger partial charge in [0.1, 0.15) is 23.5 Å². The molecule has 4 nitrogen and oxygen atoms in total. The van der Waals surface area contributed by atoms with Gasteiger partial charge in [0, 0.05) is 10.9 Å². The Morgan fingerprint density at radius 3 is 2.68 bits per heavy atom. The molecule has 0 fully saturated rings. The van der Waals surface area contributed by atoms with Crippen molar-refractivity contribution in [3.8, 4) is 22.9 Å². The molecule has 3 rings (SSSR count). The average molecular weight is 293 g/mol. The number of nitrogens with two attached hydrogens (primary N) is 1. The summed E-state index contributed by atoms with van der Waals surface area (Å²) < 4.78 is 18.8. The molecule has 1 heterocycles. The molecular formula is C17H12FN3O. The number of halogens is 1. The molecule has 2 aromatic carbocycles. The lowest BCUT2D eigenvalue weighted by Crippen LogP contribution is -1.99. The normalized spacial score (nSPS) is 10.4. The minimum absolute atomic E-state index is 0.156. The molecule has 0 amide bonds. The zero-order valence-corrected chi connectivity index (χ0v) is 11.8. The van der Waals surface area contributed by atoms with Crippen molar-refractivity contribution in [1.29, 1.82) is 5.26 Å². The van der Waals surface area contributed by atoms with Crippen LogP contribution in [-0.4, -0.2) is 12.1 Å². The average Bonchev–Trinajstić information content (AvgIpc) is 2.54. The predicted molar refractivity (Wildman–Crippen MR) is 82.8 cm³/mol. The summed E-state index contributed by atoms with van der Waals surface area (Å²) in [6.45, 7) is 0. The first-order valence-corrected chi connectivity index (χ1v) is 6.57. The van der Waals surface area contributed by atoms with Crippen LogP contribution in [0.1, 0.15) is 5.69 Å². The van der Waals surface area contributed by atoms with Gasteiger partial charge < -0.3 is 10.5 Å². The van der Waals surface area contributed by atoms with Crippen LogP contribution >= 0.6 is 0 Å². The van der Waals surface area contributed by atoms with E-state index in [1.165, 1.54) is 12.1 Å². The first kappa shape index (κ1) is 13.8. The summed E-state index contributed by atoms with van der Waals surface area (Å²) in [4.78, 5) is 4.13. The Hall–Kier alpha value is -3.13. The Morgan fingerprint density at radius 1 is 1.18 bits per heavy atom. The molecule has 0 saturated heterocycles. The lowest BCUT2D eigenvalue weighted by atomic mass is 9.97. The van der Waals surface area contributed by atoms with Crippen LogP contribution < -0.4 is 10.5 Å². The van der Waals surface area contributed by atoms with Gasteiger partial charge >= 0.3 is 0 Å². The third kappa shape index (κ3) is 2.21. The smallest absolute Gasteiger partial charge is 0.151 e. The summed E-state index contributed by atoms with van der Waals surface area (Å²) in [5.41, 5.74) is 7.20. The summed E-state index contributed by atoms with van der Waals surface area (Å²) in [5.74, 6) is 0.503. The van der Waals surface area contributed by atoms with Crippen LogP contribution in [0, 0.1) is 17.1 Å². The van der Waals surface area contributed by atoms with Crippen molar-refractivity contribution in [3.05, 3.63) is 54.0 Å². The number of nitrogens with zero attached hydrogens (tertiary/aromatic N) is 2. The number of anilines is 1. The Balaban J connectivity index is 2.45. The van der Waals surface area contributed by atoms with E-state index in [9.17, 15) is 9.65 Å². The zero-order chi connectivity index (χ0) is 15.7. The van der Waals surface area contributed by atoms with E-state index in [-0.39, 0.29) is 17.3 Å². The van der Waals surface area contributed by atoms with Crippen LogP contribution in [0.5, 0.6) is 5.75 Å². The van der Waals surface area contributed by atoms with Gasteiger partial charge in [-0.1, -0.05) is 12.1 Å². The van der Waals surface area contributed by atoms with Crippen LogP contribution in [0.15, 0.2) is 42.5 Å². The SMILES string of the molecule is COc1ccc2c(N)nc(C#N)c(-c3cccc(F)c3)c2c1. The summed E-state index contributed by atoms with van der Waals surface area (Å²) >= 11 is 0. The maximum atomic E-state index is 13.6. The molecule has 0 aliphatic heterocycles. The molecule has 0 spiro atoms. The third-order valence-electron chi connectivity index (χ3n) is 3.46. The number of benzene rings is 2. The van der Waals surface area contributed by atoms with Crippen LogP contribution in [0.3, 0.4) is 0 Å². The van der Waals surface area contributed by atoms with Crippen LogP contribution in [0.2, 0.25) is 0 Å². The van der Waals surface area contributed by atoms with Gasteiger partial charge in [-0.25, -0.2) is 9.37 Å². The van der Waals surface area contributed by atoms with Crippen molar-refractivity contribution < 1.29 is 9.13 Å². The maximum Gasteiger partial charge on any atom is 0.151 e. The highest BCUT2D eigenvalue weighted by Gasteiger charge is 2.15. The molecule has 0 aliphatic rings. The van der Waals surface area contributed by atoms with Crippen molar-refractivity contribution in [3.63, 3.8) is 0 Å². The maximum absolute atomic E-state index is 13.6. The molecule has 0 saturated carbocycles. The first-order chi connectivity index (χ1) is 10.6. The van der Waals surface area contributed by atoms with Gasteiger partial charge in [0.15, 0.2) is 5.69 Å². The number of pyridine rings is 1. The largest absolute Gasteiger partial charge is 0.497 e. The second-order valence-corrected chi connectivity index (χ2v) is 4.75. The topological polar surface area (TPSA) is 71.9 Å². The summed E-state index contributed by atoms with van der Waals surface area (Å²) in [6, 6.07) is 13.4. The number of hydrogen-bond acceptors (Lipinski definition) is 4. The molecule has 108 valence electrons. The van der Waals surface area contributed by atoms with Crippen molar-refractivity contribution in [1.82, 2.24) is 4.98 Å². The fourth-order valence-electron chi connectivity index (χ4n) is 2.46. The standard InChI is InChI=1S/C17H12FN3O/c1-22-12-5-6-13-14(8-12)16(15(9-19)21-17(13)20)10-3-2-4-11(18)7-10/h2-8H,1H3,(H2,20,21). The van der Waals surface area contributed by atoms with Gasteiger partial charge in [-0.2, -0.15) is 5.26 Å². The van der Waals surface area contributed by atoms with E-state index in [1.807, 2.05) is 6.07 Å². The molecule has 5 heteroatoms. The lowest BCUT2D eigenvalue weighted by Gasteiger charge is -2.12. The van der Waals surface area contributed by atoms with E-state index in [2.05, 4.69) is 4.98 Å². The van der Waals surface area contributed by atoms with Crippen molar-refractivity contribution in [2.24, 2.45) is 0 Å². The molecule has 22 heavy (non-hydrogen) atoms. The fourth-order valence-corrected chi connectivity index (χ4v) is 2.46. The van der Waals surface area contributed by atoms with Gasteiger partial charge in [-0.3, -0.25) is 0 Å². The molecule has 0 atom stereocenters. The molecule has 3 aromatic rings. The van der Waals surface area contributed by atoms with Crippen LogP contribution in [0.4, 0.5) is 10.2 Å². The van der Waals surface area contributed by atoms with Crippen molar-refractivity contribution >= 4 is 16.6 Å². The second-order valence-electron chi connectivity index (χ2n) is 4.75. The first-order valence-electron chi connectivity index (χ1n) is 6.57. The van der Waals surface area contributed by atoms with Crippen molar-refractivity contribution in [2.45, 2.75) is 0 Å². The summed E-state index contributed by atoms with van der Waals surface area (Å²) in [7, 11) is 1.55. The number of nitriles is 1. The highest BCUT2D eigenvalue weighted by Crippen LogP contribution is 2.35. The Labute approximate surface area is 126 Å². The molecule has 0 bridgehead atoms. The fraction of sp³-hybridized carbons (Fsp3) is 0.0588. The number of fused-ring (bicyclic) bond motifs is 1. The van der Waals surface area contributed by atoms with E-state index < -0.39 is 0 Å². The molecule has 0 radical (unpaired) electrons. The van der Waals surface area contributed by atoms with Crippen molar-refractivity contribution in [2.75, 3.05) is 12.8 Å². The summed E-state index contributed by atoms with van der Waals surface area (Å²) in [6.07, 6.45) is 0. The molecule has 0 unspecified atom stereocenters. The monoisotopic (exact) mass is 293 g/mol. The Bertz CT molecular complexity index is 916. The molecular weight excluding hydrogens is 281 g/mol. The Morgan fingerprint density at radius 2 is 2.00 bits per heavy atom. The van der Waals surface area contributed by atoms with E-state index >= 15 is 0 Å². The third-order valence-corrected chi connectivity index (χ3v) is 3.46. The number of aromatic nitrogens is 1. The van der Waals surface area contributed by atoms with Gasteiger partial charge in [-0.15, -0.1) is 0 Å². The predicted octanol–water partition coefficient (Wildman–Crippen LogP) is 3.50. The van der Waals surface area contributed by atoms with Gasteiger partial charge in [-0.05, 0) is 41.3 Å². The molecule has 1 aromatic heterocycles. The number of hydrogen-bond donors (Lipinski definition) is 1. The van der Waals surface area contributed by atoms with E-state index in [0.717, 1.165) is 0 Å². The van der Waals surface area contributed by atoms with Gasteiger partial charge in [0.05, 0.1) is 7.11 Å². The van der Waals surface area contributed by atoms with E-state index in [0.29, 0.717) is 27.6 Å². The number of rotatable bonds is 2. The lowest BCUT2D eigenvalue weighted by molar-refractivity contribution is 0.415. The molecule has 2 N–H and O–H groups in total. The number of ether oxygens (including phenoxy) is 1. The van der Waals surface area contributed by atoms with E-state index in [1.54, 1.807) is 37.4 Å². The minimum Gasteiger partial charge on any atom is -0.497 e. The minimum atomic E-state index is -0.380. The van der Waals surface area contributed by atoms with E-state index in [4.69, 9.17) is 10.5 Å². The Kier molecular flexibility index (Phi) is 3.36. The highest BCUT2D eigenvalue weighted by atomic mass is 19.1. The molecule has 0 aliphatic carbocycles. The van der Waals surface area contributed by atoms with Gasteiger partial charge in [0.2, 0.25) is 0 Å². The van der Waals surface area contributed by atoms with Gasteiger partial charge in [0.25, 0.3) is 0 Å². The van der Waals surface area contributed by atoms with Crippen LogP contribution in [-0.2, 0) is 0 Å². The van der Waals surface area contributed by atoms with Crippen LogP contribution in [0.25, 0.3) is 21.9 Å². The highest BCUT2D eigenvalue weighted by molar-refractivity contribution is 6.03. The number of nitrogen functional groups attached to an aromatic ring is 1. The quantitative estimate of drug-likeness (QED) is 0.785. The summed E-state index contributed by atoms with van der Waals surface area (Å²) in [5, 5.41) is 10.8. The zero-order valence-electron chi connectivity index (χ0n) is 11.8.